The molecule has 0 saturated heterocycles. The van der Waals surface area contributed by atoms with Gasteiger partial charge in [0, 0.05) is 12.8 Å². The van der Waals surface area contributed by atoms with Crippen LogP contribution in [0.3, 0.4) is 0 Å². The molecule has 0 bridgehead atoms. The first-order chi connectivity index (χ1) is 31.4. The number of hydrogen-bond donors (Lipinski definition) is 2. The molecule has 0 aromatic rings. The summed E-state index contributed by atoms with van der Waals surface area (Å²) in [6.07, 6.45) is 56.2. The molecule has 3 unspecified atom stereocenters. The number of phosphoric acid groups is 1. The monoisotopic (exact) mass is 932 g/mol. The molecule has 0 aromatic heterocycles. The maximum absolute atomic E-state index is 13.4. The van der Waals surface area contributed by atoms with Gasteiger partial charge in [0.25, 0.3) is 0 Å². The summed E-state index contributed by atoms with van der Waals surface area (Å²) in [7, 11) is 1.45. The Hall–Kier alpha value is -2.55. The van der Waals surface area contributed by atoms with Gasteiger partial charge in [-0.1, -0.05) is 184 Å². The van der Waals surface area contributed by atoms with Gasteiger partial charge < -0.3 is 19.4 Å². The quantitative estimate of drug-likeness (QED) is 0.0206. The second-order valence-electron chi connectivity index (χ2n) is 18.7. The van der Waals surface area contributed by atoms with Gasteiger partial charge in [-0.15, -0.1) is 0 Å². The average Bonchev–Trinajstić information content (AvgIpc) is 3.26. The summed E-state index contributed by atoms with van der Waals surface area (Å²) >= 11 is 0. The molecule has 0 saturated carbocycles. The SMILES string of the molecule is CCCC/C=C\CCCCCCCC(=O)NC(COP(=O)(O)OCC[N+](C)(C)C)C(/C=C\CCCCCCCCCCC)OC(=O)CCC/C=C\C/C=C\C/C=C\C/C=C\CCCCC. The number of hydrogen-bond acceptors (Lipinski definition) is 6. The molecule has 65 heavy (non-hydrogen) atoms. The topological polar surface area (TPSA) is 111 Å². The smallest absolute Gasteiger partial charge is 0.456 e. The van der Waals surface area contributed by atoms with E-state index >= 15 is 0 Å². The van der Waals surface area contributed by atoms with Gasteiger partial charge in [-0.25, -0.2) is 4.57 Å². The molecular weight excluding hydrogens is 832 g/mol. The van der Waals surface area contributed by atoms with Crippen LogP contribution < -0.4 is 5.32 Å². The minimum atomic E-state index is -4.45. The largest absolute Gasteiger partial charge is 0.472 e. The van der Waals surface area contributed by atoms with Crippen molar-refractivity contribution < 1.29 is 37.3 Å². The van der Waals surface area contributed by atoms with Crippen molar-refractivity contribution in [1.82, 2.24) is 5.32 Å². The Balaban J connectivity index is 5.50. The lowest BCUT2D eigenvalue weighted by molar-refractivity contribution is -0.870. The number of carbonyl (C=O) groups excluding carboxylic acids is 2. The number of quaternary nitrogens is 1. The van der Waals surface area contributed by atoms with Crippen molar-refractivity contribution in [3.63, 3.8) is 0 Å². The minimum absolute atomic E-state index is 0.0277. The Kier molecular flexibility index (Phi) is 43.5. The zero-order valence-electron chi connectivity index (χ0n) is 42.7. The van der Waals surface area contributed by atoms with Crippen molar-refractivity contribution in [2.75, 3.05) is 40.9 Å². The van der Waals surface area contributed by atoms with Gasteiger partial charge in [0.2, 0.25) is 5.91 Å². The lowest BCUT2D eigenvalue weighted by atomic mass is 10.1. The molecule has 0 spiro atoms. The van der Waals surface area contributed by atoms with Crippen molar-refractivity contribution in [3.05, 3.63) is 72.9 Å². The van der Waals surface area contributed by atoms with Crippen molar-refractivity contribution in [3.8, 4) is 0 Å². The van der Waals surface area contributed by atoms with E-state index in [4.69, 9.17) is 13.8 Å². The minimum Gasteiger partial charge on any atom is -0.456 e. The van der Waals surface area contributed by atoms with Gasteiger partial charge in [-0.05, 0) is 89.5 Å². The van der Waals surface area contributed by atoms with E-state index in [-0.39, 0.29) is 31.5 Å². The molecule has 3 atom stereocenters. The van der Waals surface area contributed by atoms with E-state index in [0.717, 1.165) is 89.9 Å². The summed E-state index contributed by atoms with van der Waals surface area (Å²) in [5.74, 6) is -0.588. The van der Waals surface area contributed by atoms with Crippen LogP contribution in [0.1, 0.15) is 213 Å². The normalized spacial score (nSPS) is 14.5. The van der Waals surface area contributed by atoms with E-state index in [1.165, 1.54) is 83.5 Å². The van der Waals surface area contributed by atoms with Crippen LogP contribution in [0.25, 0.3) is 0 Å². The van der Waals surface area contributed by atoms with Gasteiger partial charge in [-0.2, -0.15) is 0 Å². The molecular formula is C55H100N2O7P+. The lowest BCUT2D eigenvalue weighted by Crippen LogP contribution is -2.47. The Morgan fingerprint density at radius 2 is 0.969 bits per heavy atom. The summed E-state index contributed by atoms with van der Waals surface area (Å²) in [5, 5.41) is 3.01. The number of unbranched alkanes of at least 4 members (excludes halogenated alkanes) is 20. The van der Waals surface area contributed by atoms with Crippen LogP contribution in [-0.4, -0.2) is 74.3 Å². The summed E-state index contributed by atoms with van der Waals surface area (Å²) in [5.41, 5.74) is 0. The molecule has 0 radical (unpaired) electrons. The van der Waals surface area contributed by atoms with E-state index in [0.29, 0.717) is 23.9 Å². The third-order valence-electron chi connectivity index (χ3n) is 11.1. The lowest BCUT2D eigenvalue weighted by Gasteiger charge is -2.27. The van der Waals surface area contributed by atoms with Gasteiger partial charge in [-0.3, -0.25) is 18.6 Å². The predicted octanol–water partition coefficient (Wildman–Crippen LogP) is 15.3. The molecule has 376 valence electrons. The van der Waals surface area contributed by atoms with Crippen LogP contribution in [0, 0.1) is 0 Å². The number of nitrogens with one attached hydrogen (secondary N) is 1. The second-order valence-corrected chi connectivity index (χ2v) is 20.1. The summed E-state index contributed by atoms with van der Waals surface area (Å²) in [4.78, 5) is 37.3. The van der Waals surface area contributed by atoms with Gasteiger partial charge in [0.05, 0.1) is 33.8 Å². The van der Waals surface area contributed by atoms with E-state index in [9.17, 15) is 19.0 Å². The van der Waals surface area contributed by atoms with Crippen molar-refractivity contribution >= 4 is 19.7 Å². The highest BCUT2D eigenvalue weighted by atomic mass is 31.2. The molecule has 0 aliphatic heterocycles. The third kappa shape index (κ3) is 46.4. The predicted molar refractivity (Wildman–Crippen MR) is 277 cm³/mol. The molecule has 0 heterocycles. The molecule has 1 amide bonds. The Morgan fingerprint density at radius 1 is 0.538 bits per heavy atom. The number of nitrogens with zero attached hydrogens (tertiary/aromatic N) is 1. The van der Waals surface area contributed by atoms with Crippen molar-refractivity contribution in [2.45, 2.75) is 226 Å². The maximum Gasteiger partial charge on any atom is 0.472 e. The molecule has 10 heteroatoms. The number of amides is 1. The number of likely N-dealkylation sites (N-methyl/N-ethyl adjacent to an activating group) is 1. The summed E-state index contributed by atoms with van der Waals surface area (Å²) < 4.78 is 30.4. The average molecular weight is 932 g/mol. The highest BCUT2D eigenvalue weighted by Crippen LogP contribution is 2.43. The number of carbonyl (C=O) groups is 2. The standard InChI is InChI=1S/C55H99N2O7P/c1-7-10-13-16-19-22-25-26-27-28-29-30-33-36-39-42-45-48-55(59)64-53(46-43-40-37-34-31-23-20-17-14-11-8-2)52(51-63-65(60,61)62-50-49-57(4,5)6)56-54(58)47-44-41-38-35-32-24-21-18-15-12-9-3/h18-19,21-22,26-27,29-30,36,39,43,46,52-53H,7-17,20,23-25,28,31-35,37-38,40-42,44-45,47-51H2,1-6H3,(H-,56,58,60,61)/p+1/b21-18-,22-19-,27-26-,30-29-,39-36-,46-43-. The Morgan fingerprint density at radius 3 is 1.52 bits per heavy atom. The van der Waals surface area contributed by atoms with Crippen LogP contribution in [0.2, 0.25) is 0 Å². The van der Waals surface area contributed by atoms with Crippen LogP contribution >= 0.6 is 7.82 Å². The molecule has 9 nitrogen and oxygen atoms in total. The third-order valence-corrected chi connectivity index (χ3v) is 12.1. The number of allylic oxidation sites excluding steroid dienone is 11. The highest BCUT2D eigenvalue weighted by molar-refractivity contribution is 7.47. The number of phosphoric ester groups is 1. The van der Waals surface area contributed by atoms with E-state index in [1.54, 1.807) is 0 Å². The summed E-state index contributed by atoms with van der Waals surface area (Å²) in [6, 6.07) is -0.874. The fraction of sp³-hybridized carbons (Fsp3) is 0.745. The molecule has 0 aliphatic carbocycles. The second kappa shape index (κ2) is 45.2. The van der Waals surface area contributed by atoms with Crippen LogP contribution in [0.4, 0.5) is 0 Å². The van der Waals surface area contributed by atoms with Gasteiger partial charge in [0.1, 0.15) is 19.3 Å². The molecule has 0 fully saturated rings. The molecule has 0 aliphatic rings. The van der Waals surface area contributed by atoms with Crippen LogP contribution in [-0.2, 0) is 27.9 Å². The maximum atomic E-state index is 13.4. The van der Waals surface area contributed by atoms with Gasteiger partial charge >= 0.3 is 13.8 Å². The molecule has 2 N–H and O–H groups in total. The number of rotatable bonds is 46. The fourth-order valence-electron chi connectivity index (χ4n) is 6.97. The van der Waals surface area contributed by atoms with E-state index < -0.39 is 20.0 Å². The van der Waals surface area contributed by atoms with Crippen LogP contribution in [0.5, 0.6) is 0 Å². The number of esters is 1. The van der Waals surface area contributed by atoms with Gasteiger partial charge in [0.15, 0.2) is 0 Å². The Labute approximate surface area is 400 Å². The van der Waals surface area contributed by atoms with Crippen molar-refractivity contribution in [1.29, 1.82) is 0 Å². The highest BCUT2D eigenvalue weighted by Gasteiger charge is 2.30. The first-order valence-corrected chi connectivity index (χ1v) is 27.8. The zero-order chi connectivity index (χ0) is 48.0. The molecule has 0 rings (SSSR count). The number of ether oxygens (including phenoxy) is 1. The first-order valence-electron chi connectivity index (χ1n) is 26.3. The molecule has 0 aromatic carbocycles. The van der Waals surface area contributed by atoms with E-state index in [1.807, 2.05) is 33.3 Å². The summed E-state index contributed by atoms with van der Waals surface area (Å²) in [6.45, 7) is 6.87. The fourth-order valence-corrected chi connectivity index (χ4v) is 7.71. The van der Waals surface area contributed by atoms with E-state index in [2.05, 4.69) is 86.8 Å². The Bertz CT molecular complexity index is 1350. The first kappa shape index (κ1) is 62.4. The zero-order valence-corrected chi connectivity index (χ0v) is 43.6. The van der Waals surface area contributed by atoms with Crippen LogP contribution in [0.15, 0.2) is 72.9 Å². The van der Waals surface area contributed by atoms with Crippen molar-refractivity contribution in [2.24, 2.45) is 0 Å².